The standard InChI is InChI=1S/C18H25N3O2S/c1-14-17(24-13-20-14)10-12-21(2)18(22)19-11-4-5-15-6-8-16(23-3)9-7-15/h6-9,13H,4-5,10-12H2,1-3H3,(H,19,22). The number of likely N-dealkylation sites (N-methyl/N-ethyl adjacent to an activating group) is 1. The van der Waals surface area contributed by atoms with E-state index in [-0.39, 0.29) is 6.03 Å². The van der Waals surface area contributed by atoms with Crippen LogP contribution in [0.3, 0.4) is 0 Å². The second kappa shape index (κ2) is 9.27. The number of aryl methyl sites for hydroxylation is 2. The highest BCUT2D eigenvalue weighted by Crippen LogP contribution is 2.13. The van der Waals surface area contributed by atoms with Crippen molar-refractivity contribution in [2.45, 2.75) is 26.2 Å². The van der Waals surface area contributed by atoms with E-state index in [1.54, 1.807) is 23.3 Å². The van der Waals surface area contributed by atoms with Crippen LogP contribution >= 0.6 is 11.3 Å². The molecule has 0 saturated heterocycles. The molecule has 0 saturated carbocycles. The highest BCUT2D eigenvalue weighted by atomic mass is 32.1. The smallest absolute Gasteiger partial charge is 0.317 e. The summed E-state index contributed by atoms with van der Waals surface area (Å²) in [5, 5.41) is 2.97. The van der Waals surface area contributed by atoms with E-state index < -0.39 is 0 Å². The molecule has 0 fully saturated rings. The molecule has 0 radical (unpaired) electrons. The third-order valence-electron chi connectivity index (χ3n) is 3.94. The average molecular weight is 347 g/mol. The Bertz CT molecular complexity index is 640. The minimum atomic E-state index is -0.0214. The first kappa shape index (κ1) is 18.3. The Morgan fingerprint density at radius 2 is 2.04 bits per heavy atom. The number of hydrogen-bond acceptors (Lipinski definition) is 4. The summed E-state index contributed by atoms with van der Waals surface area (Å²) in [5.41, 5.74) is 4.16. The van der Waals surface area contributed by atoms with Gasteiger partial charge in [0.25, 0.3) is 0 Å². The highest BCUT2D eigenvalue weighted by Gasteiger charge is 2.09. The number of methoxy groups -OCH3 is 1. The second-order valence-corrected chi connectivity index (χ2v) is 6.66. The Morgan fingerprint density at radius 1 is 1.29 bits per heavy atom. The van der Waals surface area contributed by atoms with Crippen LogP contribution in [0, 0.1) is 6.92 Å². The SMILES string of the molecule is COc1ccc(CCCNC(=O)N(C)CCc2scnc2C)cc1. The van der Waals surface area contributed by atoms with Crippen LogP contribution in [0.2, 0.25) is 0 Å². The summed E-state index contributed by atoms with van der Waals surface area (Å²) in [4.78, 5) is 19.3. The molecular formula is C18H25N3O2S. The number of urea groups is 1. The topological polar surface area (TPSA) is 54.5 Å². The number of carbonyl (C=O) groups is 1. The third-order valence-corrected chi connectivity index (χ3v) is 4.94. The number of aromatic nitrogens is 1. The fraction of sp³-hybridized carbons (Fsp3) is 0.444. The van der Waals surface area contributed by atoms with E-state index in [9.17, 15) is 4.79 Å². The van der Waals surface area contributed by atoms with Crippen molar-refractivity contribution in [1.29, 1.82) is 0 Å². The lowest BCUT2D eigenvalue weighted by molar-refractivity contribution is 0.209. The first-order chi connectivity index (χ1) is 11.6. The van der Waals surface area contributed by atoms with Gasteiger partial charge in [-0.2, -0.15) is 0 Å². The van der Waals surface area contributed by atoms with Gasteiger partial charge in [0.1, 0.15) is 5.75 Å². The van der Waals surface area contributed by atoms with Gasteiger partial charge in [0.2, 0.25) is 0 Å². The van der Waals surface area contributed by atoms with Crippen LogP contribution in [0.25, 0.3) is 0 Å². The van der Waals surface area contributed by atoms with Gasteiger partial charge in [-0.05, 0) is 37.5 Å². The quantitative estimate of drug-likeness (QED) is 0.746. The molecule has 2 rings (SSSR count). The Balaban J connectivity index is 1.64. The minimum absolute atomic E-state index is 0.0214. The van der Waals surface area contributed by atoms with Crippen molar-refractivity contribution in [3.05, 3.63) is 45.9 Å². The van der Waals surface area contributed by atoms with Crippen molar-refractivity contribution < 1.29 is 9.53 Å². The second-order valence-electron chi connectivity index (χ2n) is 5.72. The number of ether oxygens (including phenoxy) is 1. The molecule has 2 amide bonds. The summed E-state index contributed by atoms with van der Waals surface area (Å²) in [6, 6.07) is 8.02. The van der Waals surface area contributed by atoms with E-state index >= 15 is 0 Å². The Labute approximate surface area is 147 Å². The van der Waals surface area contributed by atoms with E-state index in [0.29, 0.717) is 13.1 Å². The predicted molar refractivity (Wildman–Crippen MR) is 97.9 cm³/mol. The van der Waals surface area contributed by atoms with Crippen molar-refractivity contribution in [1.82, 2.24) is 15.2 Å². The largest absolute Gasteiger partial charge is 0.497 e. The lowest BCUT2D eigenvalue weighted by Gasteiger charge is -2.17. The van der Waals surface area contributed by atoms with Gasteiger partial charge in [-0.1, -0.05) is 12.1 Å². The maximum atomic E-state index is 12.1. The fourth-order valence-corrected chi connectivity index (χ4v) is 3.12. The Kier molecular flexibility index (Phi) is 7.06. The maximum Gasteiger partial charge on any atom is 0.317 e. The van der Waals surface area contributed by atoms with Crippen molar-refractivity contribution in [3.8, 4) is 5.75 Å². The van der Waals surface area contributed by atoms with Crippen LogP contribution in [0.1, 0.15) is 22.6 Å². The summed E-state index contributed by atoms with van der Waals surface area (Å²) < 4.78 is 5.14. The van der Waals surface area contributed by atoms with Crippen molar-refractivity contribution in [2.24, 2.45) is 0 Å². The fourth-order valence-electron chi connectivity index (χ4n) is 2.35. The first-order valence-corrected chi connectivity index (χ1v) is 8.99. The van der Waals surface area contributed by atoms with Crippen LogP contribution in [0.5, 0.6) is 5.75 Å². The molecular weight excluding hydrogens is 322 g/mol. The van der Waals surface area contributed by atoms with Crippen LogP contribution in [-0.2, 0) is 12.8 Å². The van der Waals surface area contributed by atoms with E-state index in [2.05, 4.69) is 22.4 Å². The van der Waals surface area contributed by atoms with Crippen molar-refractivity contribution in [2.75, 3.05) is 27.2 Å². The number of benzene rings is 1. The van der Waals surface area contributed by atoms with Crippen LogP contribution in [0.15, 0.2) is 29.8 Å². The van der Waals surface area contributed by atoms with Crippen LogP contribution < -0.4 is 10.1 Å². The summed E-state index contributed by atoms with van der Waals surface area (Å²) in [6.07, 6.45) is 2.71. The minimum Gasteiger partial charge on any atom is -0.497 e. The molecule has 5 nitrogen and oxygen atoms in total. The third kappa shape index (κ3) is 5.53. The highest BCUT2D eigenvalue weighted by molar-refractivity contribution is 7.09. The van der Waals surface area contributed by atoms with Crippen molar-refractivity contribution in [3.63, 3.8) is 0 Å². The first-order valence-electron chi connectivity index (χ1n) is 8.11. The van der Waals surface area contributed by atoms with Crippen molar-refractivity contribution >= 4 is 17.4 Å². The monoisotopic (exact) mass is 347 g/mol. The Morgan fingerprint density at radius 3 is 2.67 bits per heavy atom. The molecule has 1 aromatic heterocycles. The molecule has 1 aromatic carbocycles. The number of rotatable bonds is 8. The van der Waals surface area contributed by atoms with E-state index in [1.807, 2.05) is 31.6 Å². The maximum absolute atomic E-state index is 12.1. The summed E-state index contributed by atoms with van der Waals surface area (Å²) in [7, 11) is 3.49. The number of thiazole rings is 1. The van der Waals surface area contributed by atoms with E-state index in [0.717, 1.165) is 30.7 Å². The van der Waals surface area contributed by atoms with Crippen LogP contribution in [0.4, 0.5) is 4.79 Å². The van der Waals surface area contributed by atoms with Gasteiger partial charge < -0.3 is 15.0 Å². The van der Waals surface area contributed by atoms with Gasteiger partial charge in [-0.25, -0.2) is 9.78 Å². The molecule has 130 valence electrons. The molecule has 0 unspecified atom stereocenters. The predicted octanol–water partition coefficient (Wildman–Crippen LogP) is 3.28. The lowest BCUT2D eigenvalue weighted by Crippen LogP contribution is -2.38. The summed E-state index contributed by atoms with van der Waals surface area (Å²) in [5.74, 6) is 0.866. The number of hydrogen-bond donors (Lipinski definition) is 1. The van der Waals surface area contributed by atoms with Gasteiger partial charge in [0.15, 0.2) is 0 Å². The van der Waals surface area contributed by atoms with Gasteiger partial charge in [0.05, 0.1) is 18.3 Å². The molecule has 24 heavy (non-hydrogen) atoms. The Hall–Kier alpha value is -2.08. The number of carbonyl (C=O) groups excluding carboxylic acids is 1. The summed E-state index contributed by atoms with van der Waals surface area (Å²) in [6.45, 7) is 3.38. The molecule has 0 aliphatic rings. The van der Waals surface area contributed by atoms with Gasteiger partial charge in [-0.3, -0.25) is 0 Å². The average Bonchev–Trinajstić information content (AvgIpc) is 3.01. The van der Waals surface area contributed by atoms with Gasteiger partial charge in [0, 0.05) is 31.4 Å². The molecule has 0 aliphatic heterocycles. The normalized spacial score (nSPS) is 10.5. The lowest BCUT2D eigenvalue weighted by atomic mass is 10.1. The zero-order valence-electron chi connectivity index (χ0n) is 14.5. The van der Waals surface area contributed by atoms with E-state index in [4.69, 9.17) is 4.74 Å². The van der Waals surface area contributed by atoms with E-state index in [1.165, 1.54) is 10.4 Å². The molecule has 0 spiro atoms. The molecule has 0 aliphatic carbocycles. The number of nitrogens with one attached hydrogen (secondary N) is 1. The number of nitrogens with zero attached hydrogens (tertiary/aromatic N) is 2. The molecule has 1 N–H and O–H groups in total. The zero-order chi connectivity index (χ0) is 17.4. The number of amides is 2. The van der Waals surface area contributed by atoms with Gasteiger partial charge >= 0.3 is 6.03 Å². The molecule has 6 heteroatoms. The molecule has 2 aromatic rings. The zero-order valence-corrected chi connectivity index (χ0v) is 15.4. The molecule has 0 bridgehead atoms. The van der Waals surface area contributed by atoms with Gasteiger partial charge in [-0.15, -0.1) is 11.3 Å². The summed E-state index contributed by atoms with van der Waals surface area (Å²) >= 11 is 1.65. The van der Waals surface area contributed by atoms with Crippen LogP contribution in [-0.4, -0.2) is 43.2 Å². The molecule has 1 heterocycles. The molecule has 0 atom stereocenters.